The molecule has 0 unspecified atom stereocenters. The van der Waals surface area contributed by atoms with Crippen molar-refractivity contribution in [2.75, 3.05) is 0 Å². The summed E-state index contributed by atoms with van der Waals surface area (Å²) in [5, 5.41) is 30.0. The zero-order valence-corrected chi connectivity index (χ0v) is 7.47. The van der Waals surface area contributed by atoms with E-state index in [1.807, 2.05) is 0 Å². The van der Waals surface area contributed by atoms with Gasteiger partial charge in [0.15, 0.2) is 0 Å². The first-order valence-electron chi connectivity index (χ1n) is 3.94. The summed E-state index contributed by atoms with van der Waals surface area (Å²) in [6.45, 7) is 0. The lowest BCUT2D eigenvalue weighted by atomic mass is 10.1. The van der Waals surface area contributed by atoms with Crippen LogP contribution in [-0.4, -0.2) is 17.0 Å². The molecule has 0 aliphatic heterocycles. The van der Waals surface area contributed by atoms with Gasteiger partial charge in [-0.3, -0.25) is 0 Å². The van der Waals surface area contributed by atoms with Crippen molar-refractivity contribution in [3.05, 3.63) is 35.4 Å². The highest BCUT2D eigenvalue weighted by molar-refractivity contribution is 6.15. The number of carbonyl (C=O) groups excluding carboxylic acids is 1. The van der Waals surface area contributed by atoms with Crippen molar-refractivity contribution in [1.82, 2.24) is 0 Å². The van der Waals surface area contributed by atoms with E-state index in [-0.39, 0.29) is 5.56 Å². The minimum atomic E-state index is -1.83. The fourth-order valence-corrected chi connectivity index (χ4v) is 0.963. The van der Waals surface area contributed by atoms with Crippen LogP contribution in [0.25, 0.3) is 6.08 Å². The molecule has 1 aromatic rings. The van der Waals surface area contributed by atoms with Crippen LogP contribution in [-0.2, 0) is 9.59 Å². The molecule has 0 fully saturated rings. The first kappa shape index (κ1) is 10.8. The number of carboxylic acid groups (broad SMARTS) is 2. The second-order valence-corrected chi connectivity index (χ2v) is 2.69. The van der Waals surface area contributed by atoms with Crippen molar-refractivity contribution in [3.63, 3.8) is 0 Å². The van der Waals surface area contributed by atoms with Gasteiger partial charge >= 0.3 is 5.97 Å². The van der Waals surface area contributed by atoms with Crippen LogP contribution in [0.3, 0.4) is 0 Å². The van der Waals surface area contributed by atoms with Gasteiger partial charge in [-0.25, -0.2) is 4.79 Å². The average Bonchev–Trinajstić information content (AvgIpc) is 2.15. The van der Waals surface area contributed by atoms with Crippen LogP contribution in [0.2, 0.25) is 0 Å². The molecule has 5 heteroatoms. The van der Waals surface area contributed by atoms with Crippen LogP contribution in [0.4, 0.5) is 0 Å². The molecule has 0 bridgehead atoms. The summed E-state index contributed by atoms with van der Waals surface area (Å²) in [6, 6.07) is 5.51. The SMILES string of the molecule is O=C([O-])/C(=C\c1ccccc1[O-])C(=O)O. The number of hydrogen-bond donors (Lipinski definition) is 1. The van der Waals surface area contributed by atoms with E-state index in [0.29, 0.717) is 0 Å². The van der Waals surface area contributed by atoms with E-state index in [0.717, 1.165) is 6.08 Å². The second-order valence-electron chi connectivity index (χ2n) is 2.69. The molecule has 15 heavy (non-hydrogen) atoms. The van der Waals surface area contributed by atoms with Gasteiger partial charge in [-0.1, -0.05) is 24.3 Å². The van der Waals surface area contributed by atoms with E-state index in [1.54, 1.807) is 0 Å². The normalized spacial score (nSPS) is 11.1. The van der Waals surface area contributed by atoms with Crippen LogP contribution in [0.15, 0.2) is 29.8 Å². The van der Waals surface area contributed by atoms with Crippen LogP contribution >= 0.6 is 0 Å². The number of aliphatic carboxylic acids is 2. The lowest BCUT2D eigenvalue weighted by Gasteiger charge is -2.10. The van der Waals surface area contributed by atoms with Gasteiger partial charge in [0.25, 0.3) is 0 Å². The molecule has 5 nitrogen and oxygen atoms in total. The maximum atomic E-state index is 11.1. The highest BCUT2D eigenvalue weighted by Crippen LogP contribution is 2.16. The molecule has 0 atom stereocenters. The molecule has 0 saturated carbocycles. The Kier molecular flexibility index (Phi) is 3.07. The number of carboxylic acids is 2. The highest BCUT2D eigenvalue weighted by atomic mass is 16.4. The van der Waals surface area contributed by atoms with Gasteiger partial charge in [0.2, 0.25) is 0 Å². The predicted molar refractivity (Wildman–Crippen MR) is 46.5 cm³/mol. The number of para-hydroxylation sites is 1. The molecular formula is C10H6O5-2. The third kappa shape index (κ3) is 2.57. The molecule has 0 saturated heterocycles. The van der Waals surface area contributed by atoms with E-state index < -0.39 is 23.3 Å². The summed E-state index contributed by atoms with van der Waals surface area (Å²) in [7, 11) is 0. The first-order valence-corrected chi connectivity index (χ1v) is 3.94. The van der Waals surface area contributed by atoms with Gasteiger partial charge in [-0.05, 0) is 11.6 Å². The number of carbonyl (C=O) groups is 2. The lowest BCUT2D eigenvalue weighted by molar-refractivity contribution is -0.298. The predicted octanol–water partition coefficient (Wildman–Crippen LogP) is -1.02. The third-order valence-corrected chi connectivity index (χ3v) is 1.67. The molecule has 0 aliphatic carbocycles. The van der Waals surface area contributed by atoms with Gasteiger partial charge in [0, 0.05) is 0 Å². The van der Waals surface area contributed by atoms with Crippen molar-refractivity contribution in [1.29, 1.82) is 0 Å². The summed E-state index contributed by atoms with van der Waals surface area (Å²) in [5.74, 6) is -3.92. The van der Waals surface area contributed by atoms with Gasteiger partial charge in [-0.15, -0.1) is 5.75 Å². The molecule has 78 valence electrons. The molecule has 0 aromatic heterocycles. The first-order chi connectivity index (χ1) is 7.02. The minimum absolute atomic E-state index is 0.000833. The Hall–Kier alpha value is -2.30. The van der Waals surface area contributed by atoms with E-state index in [9.17, 15) is 19.8 Å². The van der Waals surface area contributed by atoms with Crippen molar-refractivity contribution >= 4 is 18.0 Å². The van der Waals surface area contributed by atoms with Crippen LogP contribution in [0.5, 0.6) is 5.75 Å². The summed E-state index contributed by atoms with van der Waals surface area (Å²) in [4.78, 5) is 20.9. The summed E-state index contributed by atoms with van der Waals surface area (Å²) < 4.78 is 0. The van der Waals surface area contributed by atoms with Crippen molar-refractivity contribution in [2.45, 2.75) is 0 Å². The fourth-order valence-electron chi connectivity index (χ4n) is 0.963. The molecule has 1 rings (SSSR count). The highest BCUT2D eigenvalue weighted by Gasteiger charge is 2.07. The molecule has 0 aliphatic rings. The van der Waals surface area contributed by atoms with E-state index in [4.69, 9.17) is 5.11 Å². The fraction of sp³-hybridized carbons (Fsp3) is 0. The standard InChI is InChI=1S/C10H8O5/c11-8-4-2-1-3-6(8)5-7(9(12)13)10(14)15/h1-5,11H,(H,12,13)(H,14,15)/p-2. The molecule has 1 N–H and O–H groups in total. The quantitative estimate of drug-likeness (QED) is 0.387. The van der Waals surface area contributed by atoms with Gasteiger partial charge in [-0.2, -0.15) is 0 Å². The van der Waals surface area contributed by atoms with Crippen molar-refractivity contribution in [2.24, 2.45) is 0 Å². The van der Waals surface area contributed by atoms with Crippen LogP contribution < -0.4 is 10.2 Å². The average molecular weight is 206 g/mol. The zero-order valence-electron chi connectivity index (χ0n) is 7.47. The summed E-state index contributed by atoms with van der Waals surface area (Å²) in [6.07, 6.45) is 0.778. The Labute approximate surface area is 84.9 Å². The Balaban J connectivity index is 3.19. The molecule has 0 radical (unpaired) electrons. The van der Waals surface area contributed by atoms with Crippen LogP contribution in [0.1, 0.15) is 5.56 Å². The maximum Gasteiger partial charge on any atom is 0.337 e. The van der Waals surface area contributed by atoms with E-state index in [1.165, 1.54) is 24.3 Å². The summed E-state index contributed by atoms with van der Waals surface area (Å²) in [5.41, 5.74) is -0.947. The molecule has 0 spiro atoms. The third-order valence-electron chi connectivity index (χ3n) is 1.67. The smallest absolute Gasteiger partial charge is 0.337 e. The minimum Gasteiger partial charge on any atom is -0.872 e. The van der Waals surface area contributed by atoms with Crippen molar-refractivity contribution in [3.8, 4) is 5.75 Å². The molecule has 0 amide bonds. The Morgan fingerprint density at radius 2 is 1.87 bits per heavy atom. The lowest BCUT2D eigenvalue weighted by Crippen LogP contribution is -2.28. The van der Waals surface area contributed by atoms with E-state index in [2.05, 4.69) is 0 Å². The Morgan fingerprint density at radius 1 is 1.27 bits per heavy atom. The monoisotopic (exact) mass is 206 g/mol. The maximum absolute atomic E-state index is 11.1. The molecule has 0 heterocycles. The number of rotatable bonds is 3. The van der Waals surface area contributed by atoms with Crippen LogP contribution in [0, 0.1) is 0 Å². The number of hydrogen-bond acceptors (Lipinski definition) is 4. The van der Waals surface area contributed by atoms with E-state index >= 15 is 0 Å². The van der Waals surface area contributed by atoms with Gasteiger partial charge in [0.1, 0.15) is 0 Å². The topological polar surface area (TPSA) is 100 Å². The second kappa shape index (κ2) is 4.28. The Bertz CT molecular complexity index is 417. The van der Waals surface area contributed by atoms with Gasteiger partial charge < -0.3 is 20.1 Å². The van der Waals surface area contributed by atoms with Crippen molar-refractivity contribution < 1.29 is 24.9 Å². The van der Waals surface area contributed by atoms with Gasteiger partial charge in [0.05, 0.1) is 11.5 Å². The molecular weight excluding hydrogens is 200 g/mol. The molecule has 1 aromatic carbocycles. The largest absolute Gasteiger partial charge is 0.872 e. The number of benzene rings is 1. The summed E-state index contributed by atoms with van der Waals surface area (Å²) >= 11 is 0. The zero-order chi connectivity index (χ0) is 11.4. The Morgan fingerprint density at radius 3 is 2.33 bits per heavy atom.